The Labute approximate surface area is 103 Å². The Morgan fingerprint density at radius 1 is 1.12 bits per heavy atom. The van der Waals surface area contributed by atoms with Crippen LogP contribution >= 0.6 is 11.8 Å². The minimum Gasteiger partial charge on any atom is -0.300 e. The molecule has 0 spiro atoms. The van der Waals surface area contributed by atoms with Crippen molar-refractivity contribution in [3.05, 3.63) is 30.3 Å². The lowest BCUT2D eigenvalue weighted by Gasteiger charge is -2.01. The van der Waals surface area contributed by atoms with Crippen molar-refractivity contribution in [3.63, 3.8) is 0 Å². The predicted molar refractivity (Wildman–Crippen MR) is 70.9 cm³/mol. The summed E-state index contributed by atoms with van der Waals surface area (Å²) in [5.74, 6) is 1.54. The summed E-state index contributed by atoms with van der Waals surface area (Å²) in [6.45, 7) is 2.06. The van der Waals surface area contributed by atoms with Crippen LogP contribution in [0.4, 0.5) is 0 Å². The fourth-order valence-corrected chi connectivity index (χ4v) is 2.47. The second-order valence-corrected chi connectivity index (χ2v) is 5.08. The fraction of sp³-hybridized carbons (Fsp3) is 0.500. The summed E-state index contributed by atoms with van der Waals surface area (Å²) in [6.07, 6.45) is 4.68. The summed E-state index contributed by atoms with van der Waals surface area (Å²) in [7, 11) is 0. The Morgan fingerprint density at radius 2 is 1.88 bits per heavy atom. The normalized spacial score (nSPS) is 10.3. The number of thioether (sulfide) groups is 1. The van der Waals surface area contributed by atoms with Gasteiger partial charge in [0, 0.05) is 17.7 Å². The molecule has 0 heterocycles. The Hall–Kier alpha value is -0.760. The van der Waals surface area contributed by atoms with Crippen LogP contribution in [0.25, 0.3) is 0 Å². The van der Waals surface area contributed by atoms with Crippen molar-refractivity contribution in [1.29, 1.82) is 0 Å². The van der Waals surface area contributed by atoms with E-state index in [0.29, 0.717) is 5.78 Å². The first kappa shape index (κ1) is 13.3. The number of carbonyl (C=O) groups excluding carboxylic acids is 1. The molecule has 0 fully saturated rings. The van der Waals surface area contributed by atoms with E-state index in [9.17, 15) is 4.79 Å². The topological polar surface area (TPSA) is 17.1 Å². The molecule has 1 aromatic rings. The van der Waals surface area contributed by atoms with Gasteiger partial charge in [0.2, 0.25) is 0 Å². The first-order chi connectivity index (χ1) is 7.83. The van der Waals surface area contributed by atoms with E-state index in [-0.39, 0.29) is 0 Å². The standard InChI is InChI=1S/C14H20OS/c1-2-8-13(15)9-6-7-12-16-14-10-4-3-5-11-14/h3-5,10-11H,2,6-9,12H2,1H3. The van der Waals surface area contributed by atoms with E-state index in [1.807, 2.05) is 17.8 Å². The van der Waals surface area contributed by atoms with Crippen molar-refractivity contribution in [2.75, 3.05) is 5.75 Å². The van der Waals surface area contributed by atoms with E-state index in [0.717, 1.165) is 37.9 Å². The van der Waals surface area contributed by atoms with Gasteiger partial charge >= 0.3 is 0 Å². The monoisotopic (exact) mass is 236 g/mol. The van der Waals surface area contributed by atoms with Crippen molar-refractivity contribution in [3.8, 4) is 0 Å². The lowest BCUT2D eigenvalue weighted by Crippen LogP contribution is -1.96. The Balaban J connectivity index is 2.02. The highest BCUT2D eigenvalue weighted by molar-refractivity contribution is 7.99. The van der Waals surface area contributed by atoms with Crippen LogP contribution in [0.5, 0.6) is 0 Å². The second kappa shape index (κ2) is 8.40. The van der Waals surface area contributed by atoms with Crippen LogP contribution < -0.4 is 0 Å². The lowest BCUT2D eigenvalue weighted by molar-refractivity contribution is -0.119. The second-order valence-electron chi connectivity index (χ2n) is 3.91. The van der Waals surface area contributed by atoms with Crippen LogP contribution in [0, 0.1) is 0 Å². The Morgan fingerprint density at radius 3 is 2.56 bits per heavy atom. The molecule has 0 unspecified atom stereocenters. The maximum Gasteiger partial charge on any atom is 0.132 e. The number of rotatable bonds is 8. The third-order valence-electron chi connectivity index (χ3n) is 2.39. The van der Waals surface area contributed by atoms with Gasteiger partial charge in [0.05, 0.1) is 0 Å². The Kier molecular flexibility index (Phi) is 6.98. The summed E-state index contributed by atoms with van der Waals surface area (Å²) >= 11 is 1.87. The number of unbranched alkanes of at least 4 members (excludes halogenated alkanes) is 1. The van der Waals surface area contributed by atoms with Crippen molar-refractivity contribution < 1.29 is 4.79 Å². The zero-order valence-corrected chi connectivity index (χ0v) is 10.8. The van der Waals surface area contributed by atoms with Crippen LogP contribution in [0.1, 0.15) is 39.0 Å². The third kappa shape index (κ3) is 5.96. The largest absolute Gasteiger partial charge is 0.300 e. The Bertz CT molecular complexity index is 295. The van der Waals surface area contributed by atoms with E-state index in [1.165, 1.54) is 4.90 Å². The molecule has 1 nitrogen and oxygen atoms in total. The molecule has 0 radical (unpaired) electrons. The quantitative estimate of drug-likeness (QED) is 0.494. The zero-order valence-electron chi connectivity index (χ0n) is 9.95. The van der Waals surface area contributed by atoms with E-state index >= 15 is 0 Å². The summed E-state index contributed by atoms with van der Waals surface area (Å²) in [6, 6.07) is 10.4. The van der Waals surface area contributed by atoms with Crippen molar-refractivity contribution >= 4 is 17.5 Å². The fourth-order valence-electron chi connectivity index (χ4n) is 1.53. The summed E-state index contributed by atoms with van der Waals surface area (Å²) in [5.41, 5.74) is 0. The van der Waals surface area contributed by atoms with Crippen LogP contribution in [0.15, 0.2) is 35.2 Å². The molecular weight excluding hydrogens is 216 g/mol. The maximum atomic E-state index is 11.3. The van der Waals surface area contributed by atoms with Gasteiger partial charge in [0.25, 0.3) is 0 Å². The lowest BCUT2D eigenvalue weighted by atomic mass is 10.1. The minimum atomic E-state index is 0.423. The molecule has 1 rings (SSSR count). The third-order valence-corrected chi connectivity index (χ3v) is 3.49. The molecule has 88 valence electrons. The minimum absolute atomic E-state index is 0.423. The first-order valence-electron chi connectivity index (χ1n) is 6.02. The van der Waals surface area contributed by atoms with Gasteiger partial charge in [0.15, 0.2) is 0 Å². The number of carbonyl (C=O) groups is 1. The van der Waals surface area contributed by atoms with E-state index in [2.05, 4.69) is 31.2 Å². The van der Waals surface area contributed by atoms with E-state index in [4.69, 9.17) is 0 Å². The highest BCUT2D eigenvalue weighted by Crippen LogP contribution is 2.18. The van der Waals surface area contributed by atoms with Crippen molar-refractivity contribution in [1.82, 2.24) is 0 Å². The van der Waals surface area contributed by atoms with Gasteiger partial charge in [-0.05, 0) is 37.1 Å². The average Bonchev–Trinajstić information content (AvgIpc) is 2.30. The smallest absolute Gasteiger partial charge is 0.132 e. The zero-order chi connectivity index (χ0) is 11.6. The summed E-state index contributed by atoms with van der Waals surface area (Å²) < 4.78 is 0. The van der Waals surface area contributed by atoms with Crippen LogP contribution in [0.3, 0.4) is 0 Å². The highest BCUT2D eigenvalue weighted by Gasteiger charge is 1.99. The molecule has 16 heavy (non-hydrogen) atoms. The number of hydrogen-bond donors (Lipinski definition) is 0. The maximum absolute atomic E-state index is 11.3. The van der Waals surface area contributed by atoms with Gasteiger partial charge in [0.1, 0.15) is 5.78 Å². The molecule has 1 aromatic carbocycles. The molecule has 0 saturated carbocycles. The van der Waals surface area contributed by atoms with Gasteiger partial charge in [-0.3, -0.25) is 4.79 Å². The summed E-state index contributed by atoms with van der Waals surface area (Å²) in [4.78, 5) is 12.6. The molecule has 0 aliphatic carbocycles. The molecule has 0 N–H and O–H groups in total. The predicted octanol–water partition coefficient (Wildman–Crippen LogP) is 4.32. The van der Waals surface area contributed by atoms with Crippen molar-refractivity contribution in [2.24, 2.45) is 0 Å². The first-order valence-corrected chi connectivity index (χ1v) is 7.01. The molecular formula is C14H20OS. The van der Waals surface area contributed by atoms with E-state index in [1.54, 1.807) is 0 Å². The van der Waals surface area contributed by atoms with Gasteiger partial charge in [-0.2, -0.15) is 0 Å². The average molecular weight is 236 g/mol. The van der Waals surface area contributed by atoms with Crippen LogP contribution in [0.2, 0.25) is 0 Å². The number of benzene rings is 1. The molecule has 0 amide bonds. The number of ketones is 1. The molecule has 0 bridgehead atoms. The summed E-state index contributed by atoms with van der Waals surface area (Å²) in [5, 5.41) is 0. The van der Waals surface area contributed by atoms with E-state index < -0.39 is 0 Å². The molecule has 0 saturated heterocycles. The van der Waals surface area contributed by atoms with Crippen molar-refractivity contribution in [2.45, 2.75) is 43.9 Å². The molecule has 0 aromatic heterocycles. The molecule has 2 heteroatoms. The molecule has 0 aliphatic heterocycles. The molecule has 0 atom stereocenters. The molecule has 0 aliphatic rings. The number of Topliss-reactive ketones (excluding diaryl/α,β-unsaturated/α-hetero) is 1. The highest BCUT2D eigenvalue weighted by atomic mass is 32.2. The van der Waals surface area contributed by atoms with Gasteiger partial charge in [-0.15, -0.1) is 11.8 Å². The van der Waals surface area contributed by atoms with Crippen LogP contribution in [-0.4, -0.2) is 11.5 Å². The van der Waals surface area contributed by atoms with Crippen LogP contribution in [-0.2, 0) is 4.79 Å². The number of hydrogen-bond acceptors (Lipinski definition) is 2. The van der Waals surface area contributed by atoms with Gasteiger partial charge in [-0.1, -0.05) is 25.1 Å². The SMILES string of the molecule is CCCC(=O)CCCCSc1ccccc1. The van der Waals surface area contributed by atoms with Gasteiger partial charge in [-0.25, -0.2) is 0 Å². The van der Waals surface area contributed by atoms with Gasteiger partial charge < -0.3 is 0 Å².